The zero-order valence-electron chi connectivity index (χ0n) is 11.2. The minimum atomic E-state index is -0.901. The molecule has 5 nitrogen and oxygen atoms in total. The highest BCUT2D eigenvalue weighted by atomic mass is 79.9. The number of alkyl halides is 2. The first-order chi connectivity index (χ1) is 10.1. The Morgan fingerprint density at radius 1 is 1.14 bits per heavy atom. The van der Waals surface area contributed by atoms with Crippen LogP contribution in [0.25, 0.3) is 5.76 Å². The average Bonchev–Trinajstić information content (AvgIpc) is 2.41. The van der Waals surface area contributed by atoms with Gasteiger partial charge in [0.05, 0.1) is 11.1 Å². The van der Waals surface area contributed by atoms with E-state index in [9.17, 15) is 24.9 Å². The van der Waals surface area contributed by atoms with Gasteiger partial charge in [-0.25, -0.2) is 0 Å². The molecule has 1 atom stereocenters. The van der Waals surface area contributed by atoms with Crippen molar-refractivity contribution < 1.29 is 24.9 Å². The summed E-state index contributed by atoms with van der Waals surface area (Å²) in [5.74, 6) is -2.75. The van der Waals surface area contributed by atoms with Crippen LogP contribution in [0.2, 0.25) is 0 Å². The molecule has 0 saturated carbocycles. The number of Topliss-reactive ketones (excluding diaryl/α,β-unsaturated/α-hetero) is 2. The van der Waals surface area contributed by atoms with Crippen molar-refractivity contribution in [1.29, 1.82) is 0 Å². The number of phenolic OH excluding ortho intramolecular Hbond substituents is 2. The Labute approximate surface area is 142 Å². The maximum atomic E-state index is 12.6. The average molecular weight is 430 g/mol. The standard InChI is InChI=1S/C15H10Br2O5/c1-5-12(20)11-8(4-15(5,16)17)13(21)7-2-6(18)3-9(19)10(7)14(11)22/h2-5,18-19,22H,1H3. The number of carbonyl (C=O) groups excluding carboxylic acids is 2. The van der Waals surface area contributed by atoms with Gasteiger partial charge in [-0.3, -0.25) is 9.59 Å². The van der Waals surface area contributed by atoms with Crippen molar-refractivity contribution in [2.24, 2.45) is 5.92 Å². The third-order valence-corrected chi connectivity index (χ3v) is 5.72. The molecule has 0 saturated heterocycles. The molecule has 0 fully saturated rings. The first kappa shape index (κ1) is 15.3. The lowest BCUT2D eigenvalue weighted by molar-refractivity contribution is -0.118. The van der Waals surface area contributed by atoms with Gasteiger partial charge >= 0.3 is 0 Å². The summed E-state index contributed by atoms with van der Waals surface area (Å²) >= 11 is 6.68. The number of hydrogen-bond acceptors (Lipinski definition) is 5. The lowest BCUT2D eigenvalue weighted by Gasteiger charge is -2.33. The van der Waals surface area contributed by atoms with Crippen LogP contribution in [-0.2, 0) is 4.79 Å². The van der Waals surface area contributed by atoms with Gasteiger partial charge in [0.15, 0.2) is 11.6 Å². The second-order valence-corrected chi connectivity index (χ2v) is 8.95. The quantitative estimate of drug-likeness (QED) is 0.550. The molecule has 2 aliphatic carbocycles. The van der Waals surface area contributed by atoms with Gasteiger partial charge in [0.25, 0.3) is 0 Å². The van der Waals surface area contributed by atoms with Crippen LogP contribution in [0.3, 0.4) is 0 Å². The SMILES string of the molecule is CC1C(=O)C2=C(O)c3c(O)cc(O)cc3C(=O)C2=CC1(Br)Br. The molecular formula is C15H10Br2O5. The molecule has 1 aromatic carbocycles. The number of rotatable bonds is 0. The van der Waals surface area contributed by atoms with E-state index in [0.717, 1.165) is 12.1 Å². The van der Waals surface area contributed by atoms with Crippen LogP contribution in [0.5, 0.6) is 11.5 Å². The number of phenols is 2. The number of allylic oxidation sites excluding steroid dienone is 3. The van der Waals surface area contributed by atoms with Crippen LogP contribution in [0.4, 0.5) is 0 Å². The van der Waals surface area contributed by atoms with Gasteiger partial charge < -0.3 is 15.3 Å². The van der Waals surface area contributed by atoms with E-state index in [2.05, 4.69) is 31.9 Å². The number of benzene rings is 1. The van der Waals surface area contributed by atoms with Gasteiger partial charge in [-0.2, -0.15) is 0 Å². The van der Waals surface area contributed by atoms with Crippen molar-refractivity contribution in [2.75, 3.05) is 0 Å². The smallest absolute Gasteiger partial charge is 0.194 e. The molecule has 0 heterocycles. The summed E-state index contributed by atoms with van der Waals surface area (Å²) < 4.78 is -0.901. The van der Waals surface area contributed by atoms with Crippen LogP contribution in [0.1, 0.15) is 22.8 Å². The van der Waals surface area contributed by atoms with E-state index in [1.54, 1.807) is 6.92 Å². The largest absolute Gasteiger partial charge is 0.508 e. The number of carbonyl (C=O) groups is 2. The Balaban J connectivity index is 2.40. The summed E-state index contributed by atoms with van der Waals surface area (Å²) in [6, 6.07) is 2.16. The Hall–Kier alpha value is -1.60. The van der Waals surface area contributed by atoms with E-state index in [1.807, 2.05) is 0 Å². The third-order valence-electron chi connectivity index (χ3n) is 3.89. The molecule has 7 heteroatoms. The molecule has 3 rings (SSSR count). The Kier molecular flexibility index (Phi) is 3.27. The maximum Gasteiger partial charge on any atom is 0.194 e. The number of halogens is 2. The molecule has 22 heavy (non-hydrogen) atoms. The number of aromatic hydroxyl groups is 2. The van der Waals surface area contributed by atoms with E-state index >= 15 is 0 Å². The number of aliphatic hydroxyl groups excluding tert-OH is 1. The van der Waals surface area contributed by atoms with Crippen molar-refractivity contribution in [3.8, 4) is 11.5 Å². The highest BCUT2D eigenvalue weighted by Crippen LogP contribution is 2.49. The molecule has 0 aliphatic heterocycles. The molecule has 0 spiro atoms. The minimum absolute atomic E-state index is 0.0341. The normalized spacial score (nSPS) is 23.0. The van der Waals surface area contributed by atoms with Gasteiger partial charge in [-0.15, -0.1) is 0 Å². The third kappa shape index (κ3) is 1.95. The number of ketones is 2. The van der Waals surface area contributed by atoms with Crippen molar-refractivity contribution in [3.05, 3.63) is 40.5 Å². The van der Waals surface area contributed by atoms with E-state index in [0.29, 0.717) is 0 Å². The predicted molar refractivity (Wildman–Crippen MR) is 86.5 cm³/mol. The number of fused-ring (bicyclic) bond motifs is 2. The van der Waals surface area contributed by atoms with Crippen LogP contribution in [0, 0.1) is 5.92 Å². The van der Waals surface area contributed by atoms with E-state index in [1.165, 1.54) is 6.08 Å². The molecule has 1 unspecified atom stereocenters. The zero-order chi connectivity index (χ0) is 16.4. The Bertz CT molecular complexity index is 804. The fourth-order valence-electron chi connectivity index (χ4n) is 2.65. The molecule has 0 amide bonds. The fraction of sp³-hybridized carbons (Fsp3) is 0.200. The molecule has 1 aromatic rings. The summed E-state index contributed by atoms with van der Waals surface area (Å²) in [6.07, 6.45) is 1.51. The summed E-state index contributed by atoms with van der Waals surface area (Å²) in [5.41, 5.74) is -0.261. The molecule has 0 aromatic heterocycles. The second-order valence-electron chi connectivity index (χ2n) is 5.26. The predicted octanol–water partition coefficient (Wildman–Crippen LogP) is 3.19. The maximum absolute atomic E-state index is 12.6. The fourth-order valence-corrected chi connectivity index (χ4v) is 3.52. The van der Waals surface area contributed by atoms with Crippen molar-refractivity contribution in [1.82, 2.24) is 0 Å². The van der Waals surface area contributed by atoms with Crippen LogP contribution in [0.15, 0.2) is 29.4 Å². The lowest BCUT2D eigenvalue weighted by atomic mass is 9.76. The van der Waals surface area contributed by atoms with Crippen LogP contribution in [-0.4, -0.2) is 30.1 Å². The summed E-state index contributed by atoms with van der Waals surface area (Å²) in [7, 11) is 0. The Morgan fingerprint density at radius 2 is 1.77 bits per heavy atom. The van der Waals surface area contributed by atoms with Gasteiger partial charge in [0.2, 0.25) is 0 Å². The molecule has 2 aliphatic rings. The minimum Gasteiger partial charge on any atom is -0.508 e. The second kappa shape index (κ2) is 4.70. The molecule has 0 bridgehead atoms. The lowest BCUT2D eigenvalue weighted by Crippen LogP contribution is -2.37. The van der Waals surface area contributed by atoms with Crippen molar-refractivity contribution in [3.63, 3.8) is 0 Å². The molecule has 3 N–H and O–H groups in total. The summed E-state index contributed by atoms with van der Waals surface area (Å²) in [4.78, 5) is 25.1. The van der Waals surface area contributed by atoms with E-state index in [4.69, 9.17) is 0 Å². The van der Waals surface area contributed by atoms with Crippen LogP contribution < -0.4 is 0 Å². The summed E-state index contributed by atoms with van der Waals surface area (Å²) in [5, 5.41) is 29.9. The van der Waals surface area contributed by atoms with Gasteiger partial charge in [0.1, 0.15) is 20.5 Å². The highest BCUT2D eigenvalue weighted by molar-refractivity contribution is 9.25. The molecule has 114 valence electrons. The van der Waals surface area contributed by atoms with Gasteiger partial charge in [-0.1, -0.05) is 38.8 Å². The number of aliphatic hydroxyl groups is 1. The zero-order valence-corrected chi connectivity index (χ0v) is 14.4. The van der Waals surface area contributed by atoms with Gasteiger partial charge in [-0.05, 0) is 12.1 Å². The first-order valence-corrected chi connectivity index (χ1v) is 7.93. The first-order valence-electron chi connectivity index (χ1n) is 6.34. The topological polar surface area (TPSA) is 94.8 Å². The number of hydrogen-bond donors (Lipinski definition) is 3. The Morgan fingerprint density at radius 3 is 2.41 bits per heavy atom. The van der Waals surface area contributed by atoms with Gasteiger partial charge in [0, 0.05) is 23.1 Å². The molecule has 0 radical (unpaired) electrons. The van der Waals surface area contributed by atoms with E-state index in [-0.39, 0.29) is 28.0 Å². The highest BCUT2D eigenvalue weighted by Gasteiger charge is 2.46. The molecular weight excluding hydrogens is 420 g/mol. The van der Waals surface area contributed by atoms with Crippen molar-refractivity contribution >= 4 is 49.2 Å². The van der Waals surface area contributed by atoms with Crippen molar-refractivity contribution in [2.45, 2.75) is 10.2 Å². The van der Waals surface area contributed by atoms with Crippen LogP contribution >= 0.6 is 31.9 Å². The van der Waals surface area contributed by atoms with E-state index < -0.39 is 32.2 Å². The monoisotopic (exact) mass is 428 g/mol. The summed E-state index contributed by atoms with van der Waals surface area (Å²) in [6.45, 7) is 1.65.